The number of phenols is 2. The van der Waals surface area contributed by atoms with Crippen LogP contribution in [0, 0.1) is 13.8 Å². The second kappa shape index (κ2) is 4.59. The quantitative estimate of drug-likeness (QED) is 0.885. The molecule has 0 saturated carbocycles. The third kappa shape index (κ3) is 2.29. The summed E-state index contributed by atoms with van der Waals surface area (Å²) >= 11 is 0. The Balaban J connectivity index is 2.75. The van der Waals surface area contributed by atoms with E-state index in [1.54, 1.807) is 25.1 Å². The summed E-state index contributed by atoms with van der Waals surface area (Å²) in [6.45, 7) is 3.20. The van der Waals surface area contributed by atoms with Crippen molar-refractivity contribution in [1.82, 2.24) is 0 Å². The molecule has 0 bridgehead atoms. The molecule has 0 aliphatic carbocycles. The third-order valence-electron chi connectivity index (χ3n) is 2.99. The third-order valence-corrected chi connectivity index (χ3v) is 5.03. The number of rotatable bonds is 2. The Morgan fingerprint density at radius 1 is 0.947 bits per heavy atom. The molecule has 2 aromatic rings. The summed E-state index contributed by atoms with van der Waals surface area (Å²) in [4.78, 5) is 0.0856. The zero-order valence-corrected chi connectivity index (χ0v) is 11.4. The molecule has 0 heterocycles. The van der Waals surface area contributed by atoms with Crippen LogP contribution < -0.4 is 0 Å². The van der Waals surface area contributed by atoms with Crippen molar-refractivity contribution in [2.24, 2.45) is 0 Å². The summed E-state index contributed by atoms with van der Waals surface area (Å²) in [5, 5.41) is 19.1. The summed E-state index contributed by atoms with van der Waals surface area (Å²) in [7, 11) is -3.77. The van der Waals surface area contributed by atoms with Crippen LogP contribution in [-0.2, 0) is 9.84 Å². The van der Waals surface area contributed by atoms with Crippen molar-refractivity contribution < 1.29 is 18.6 Å². The zero-order valence-electron chi connectivity index (χ0n) is 10.6. The van der Waals surface area contributed by atoms with Crippen molar-refractivity contribution in [3.63, 3.8) is 0 Å². The molecule has 0 unspecified atom stereocenters. The molecule has 2 N–H and O–H groups in total. The van der Waals surface area contributed by atoms with Crippen molar-refractivity contribution in [1.29, 1.82) is 0 Å². The van der Waals surface area contributed by atoms with E-state index in [2.05, 4.69) is 0 Å². The first-order valence-electron chi connectivity index (χ1n) is 5.67. The Morgan fingerprint density at radius 3 is 2.21 bits per heavy atom. The van der Waals surface area contributed by atoms with Gasteiger partial charge in [-0.05, 0) is 31.5 Å². The van der Waals surface area contributed by atoms with Gasteiger partial charge in [-0.2, -0.15) is 0 Å². The normalized spacial score (nSPS) is 11.5. The molecule has 0 aromatic heterocycles. The Morgan fingerprint density at radius 2 is 1.58 bits per heavy atom. The lowest BCUT2D eigenvalue weighted by atomic mass is 10.2. The Bertz CT molecular complexity index is 733. The van der Waals surface area contributed by atoms with Gasteiger partial charge in [0.25, 0.3) is 0 Å². The van der Waals surface area contributed by atoms with Gasteiger partial charge in [0.1, 0.15) is 11.5 Å². The first kappa shape index (κ1) is 13.4. The highest BCUT2D eigenvalue weighted by molar-refractivity contribution is 7.91. The summed E-state index contributed by atoms with van der Waals surface area (Å²) in [6.07, 6.45) is 0. The zero-order chi connectivity index (χ0) is 14.2. The van der Waals surface area contributed by atoms with Gasteiger partial charge >= 0.3 is 0 Å². The molecule has 100 valence electrons. The van der Waals surface area contributed by atoms with E-state index in [1.165, 1.54) is 13.0 Å². The average molecular weight is 278 g/mol. The molecular weight excluding hydrogens is 264 g/mol. The van der Waals surface area contributed by atoms with E-state index >= 15 is 0 Å². The lowest BCUT2D eigenvalue weighted by Crippen LogP contribution is -2.06. The van der Waals surface area contributed by atoms with Gasteiger partial charge in [-0.1, -0.05) is 18.2 Å². The molecule has 2 rings (SSSR count). The van der Waals surface area contributed by atoms with Crippen LogP contribution in [0.3, 0.4) is 0 Å². The van der Waals surface area contributed by atoms with Gasteiger partial charge < -0.3 is 10.2 Å². The van der Waals surface area contributed by atoms with Crippen LogP contribution >= 0.6 is 0 Å². The first-order chi connectivity index (χ1) is 8.84. The summed E-state index contributed by atoms with van der Waals surface area (Å²) in [6, 6.07) is 8.86. The molecule has 0 aliphatic heterocycles. The van der Waals surface area contributed by atoms with Crippen molar-refractivity contribution in [3.8, 4) is 11.5 Å². The number of sulfone groups is 1. The monoisotopic (exact) mass is 278 g/mol. The van der Waals surface area contributed by atoms with Crippen LogP contribution in [-0.4, -0.2) is 18.6 Å². The number of hydrogen-bond acceptors (Lipinski definition) is 4. The molecule has 0 saturated heterocycles. The predicted molar refractivity (Wildman–Crippen MR) is 71.1 cm³/mol. The highest BCUT2D eigenvalue weighted by Crippen LogP contribution is 2.33. The number of aromatic hydroxyl groups is 2. The Labute approximate surface area is 111 Å². The minimum atomic E-state index is -3.77. The lowest BCUT2D eigenvalue weighted by molar-refractivity contribution is 0.443. The minimum Gasteiger partial charge on any atom is -0.508 e. The predicted octanol–water partition coefficient (Wildman–Crippen LogP) is 2.55. The fourth-order valence-corrected chi connectivity index (χ4v) is 3.68. The van der Waals surface area contributed by atoms with Gasteiger partial charge in [-0.3, -0.25) is 0 Å². The van der Waals surface area contributed by atoms with E-state index in [0.717, 1.165) is 12.1 Å². The molecule has 0 radical (unpaired) electrons. The van der Waals surface area contributed by atoms with Crippen LogP contribution in [0.5, 0.6) is 11.5 Å². The van der Waals surface area contributed by atoms with Gasteiger partial charge in [0.15, 0.2) is 0 Å². The topological polar surface area (TPSA) is 74.6 Å². The first-order valence-corrected chi connectivity index (χ1v) is 7.15. The van der Waals surface area contributed by atoms with Crippen molar-refractivity contribution in [2.45, 2.75) is 23.6 Å². The van der Waals surface area contributed by atoms with Crippen molar-refractivity contribution in [2.75, 3.05) is 0 Å². The Hall–Kier alpha value is -2.01. The van der Waals surface area contributed by atoms with E-state index < -0.39 is 9.84 Å². The van der Waals surface area contributed by atoms with Gasteiger partial charge in [0.2, 0.25) is 9.84 Å². The number of aryl methyl sites for hydroxylation is 1. The summed E-state index contributed by atoms with van der Waals surface area (Å²) < 4.78 is 25.1. The molecular formula is C14H14O4S. The fraction of sp³-hybridized carbons (Fsp3) is 0.143. The van der Waals surface area contributed by atoms with Crippen molar-refractivity contribution in [3.05, 3.63) is 47.5 Å². The van der Waals surface area contributed by atoms with Crippen LogP contribution in [0.15, 0.2) is 46.2 Å². The maximum Gasteiger partial charge on any atom is 0.207 e. The van der Waals surface area contributed by atoms with Crippen LogP contribution in [0.4, 0.5) is 0 Å². The van der Waals surface area contributed by atoms with E-state index in [9.17, 15) is 18.6 Å². The Kier molecular flexibility index (Phi) is 3.24. The lowest BCUT2D eigenvalue weighted by Gasteiger charge is -2.11. The van der Waals surface area contributed by atoms with Gasteiger partial charge in [-0.15, -0.1) is 0 Å². The minimum absolute atomic E-state index is 0.0840. The molecule has 0 aliphatic rings. The van der Waals surface area contributed by atoms with Crippen LogP contribution in [0.25, 0.3) is 0 Å². The van der Waals surface area contributed by atoms with Crippen molar-refractivity contribution >= 4 is 9.84 Å². The smallest absolute Gasteiger partial charge is 0.207 e. The van der Waals surface area contributed by atoms with E-state index in [4.69, 9.17) is 0 Å². The summed E-state index contributed by atoms with van der Waals surface area (Å²) in [5.41, 5.74) is 0.839. The molecule has 0 atom stereocenters. The standard InChI is InChI=1S/C14H14O4S/c1-9-5-3-4-6-13(9)19(17,18)14-8-11(15)7-12(16)10(14)2/h3-8,15-16H,1-2H3. The van der Waals surface area contributed by atoms with Gasteiger partial charge in [0.05, 0.1) is 9.79 Å². The maximum atomic E-state index is 12.6. The molecule has 2 aromatic carbocycles. The number of hydrogen-bond donors (Lipinski definition) is 2. The van der Waals surface area contributed by atoms with Gasteiger partial charge in [0, 0.05) is 11.6 Å². The molecule has 0 fully saturated rings. The highest BCUT2D eigenvalue weighted by Gasteiger charge is 2.23. The molecule has 19 heavy (non-hydrogen) atoms. The van der Waals surface area contributed by atoms with E-state index in [1.807, 2.05) is 0 Å². The highest BCUT2D eigenvalue weighted by atomic mass is 32.2. The molecule has 4 nitrogen and oxygen atoms in total. The largest absolute Gasteiger partial charge is 0.508 e. The van der Waals surface area contributed by atoms with Crippen LogP contribution in [0.2, 0.25) is 0 Å². The second-order valence-corrected chi connectivity index (χ2v) is 6.24. The SMILES string of the molecule is Cc1ccccc1S(=O)(=O)c1cc(O)cc(O)c1C. The average Bonchev–Trinajstić information content (AvgIpc) is 2.34. The molecule has 0 amide bonds. The van der Waals surface area contributed by atoms with E-state index in [-0.39, 0.29) is 26.9 Å². The molecule has 0 spiro atoms. The maximum absolute atomic E-state index is 12.6. The second-order valence-electron chi connectivity index (χ2n) is 4.36. The number of phenolic OH excluding ortho intramolecular Hbond substituents is 2. The van der Waals surface area contributed by atoms with Crippen LogP contribution in [0.1, 0.15) is 11.1 Å². The van der Waals surface area contributed by atoms with Gasteiger partial charge in [-0.25, -0.2) is 8.42 Å². The fourth-order valence-electron chi connectivity index (χ4n) is 1.91. The van der Waals surface area contributed by atoms with E-state index in [0.29, 0.717) is 5.56 Å². The number of benzene rings is 2. The summed E-state index contributed by atoms with van der Waals surface area (Å²) in [5.74, 6) is -0.526. The molecule has 5 heteroatoms.